The van der Waals surface area contributed by atoms with Crippen molar-refractivity contribution in [2.75, 3.05) is 13.1 Å². The number of carbonyl (C=O) groups is 1. The van der Waals surface area contributed by atoms with Gasteiger partial charge in [-0.15, -0.1) is 0 Å². The molecule has 1 aromatic rings. The summed E-state index contributed by atoms with van der Waals surface area (Å²) in [5, 5.41) is 3.31. The first-order valence-corrected chi connectivity index (χ1v) is 7.09. The average molecular weight is 261 g/mol. The summed E-state index contributed by atoms with van der Waals surface area (Å²) in [6, 6.07) is 7.55. The molecular formula is C16H23NO2. The molecule has 104 valence electrons. The van der Waals surface area contributed by atoms with Crippen LogP contribution in [0.15, 0.2) is 24.3 Å². The first-order valence-electron chi connectivity index (χ1n) is 7.09. The molecule has 1 unspecified atom stereocenters. The summed E-state index contributed by atoms with van der Waals surface area (Å²) in [7, 11) is 0. The van der Waals surface area contributed by atoms with Crippen LogP contribution in [0.25, 0.3) is 0 Å². The number of nitrogens with one attached hydrogen (secondary N) is 1. The maximum Gasteiger partial charge on any atom is 0.170 e. The Labute approximate surface area is 115 Å². The van der Waals surface area contributed by atoms with Gasteiger partial charge in [-0.05, 0) is 57.5 Å². The molecule has 0 spiro atoms. The third-order valence-corrected chi connectivity index (χ3v) is 3.89. The van der Waals surface area contributed by atoms with E-state index in [1.165, 1.54) is 0 Å². The van der Waals surface area contributed by atoms with Crippen LogP contribution in [-0.4, -0.2) is 25.0 Å². The van der Waals surface area contributed by atoms with Crippen molar-refractivity contribution >= 4 is 5.78 Å². The Kier molecular flexibility index (Phi) is 4.25. The predicted molar refractivity (Wildman–Crippen MR) is 76.7 cm³/mol. The summed E-state index contributed by atoms with van der Waals surface area (Å²) in [6.07, 6.45) is 1.98. The molecule has 1 N–H and O–H groups in total. The van der Waals surface area contributed by atoms with Crippen molar-refractivity contribution in [1.29, 1.82) is 0 Å². The molecular weight excluding hydrogens is 238 g/mol. The van der Waals surface area contributed by atoms with Crippen LogP contribution in [0.2, 0.25) is 0 Å². The van der Waals surface area contributed by atoms with E-state index in [4.69, 9.17) is 4.74 Å². The molecule has 1 atom stereocenters. The van der Waals surface area contributed by atoms with Gasteiger partial charge in [0, 0.05) is 17.5 Å². The molecule has 0 bridgehead atoms. The normalized spacial score (nSPS) is 22.7. The number of carbonyl (C=O) groups excluding carboxylic acids is 1. The Bertz CT molecular complexity index is 431. The number of rotatable bonds is 5. The Morgan fingerprint density at radius 3 is 2.53 bits per heavy atom. The third-order valence-electron chi connectivity index (χ3n) is 3.89. The van der Waals surface area contributed by atoms with Crippen LogP contribution in [0.3, 0.4) is 0 Å². The third kappa shape index (κ3) is 2.98. The Balaban J connectivity index is 2.15. The smallest absolute Gasteiger partial charge is 0.170 e. The van der Waals surface area contributed by atoms with Crippen molar-refractivity contribution in [3.63, 3.8) is 0 Å². The molecule has 1 aliphatic heterocycles. The van der Waals surface area contributed by atoms with Gasteiger partial charge in [0.1, 0.15) is 5.75 Å². The van der Waals surface area contributed by atoms with E-state index in [9.17, 15) is 4.79 Å². The highest BCUT2D eigenvalue weighted by atomic mass is 16.5. The van der Waals surface area contributed by atoms with E-state index >= 15 is 0 Å². The van der Waals surface area contributed by atoms with E-state index in [0.717, 1.165) is 37.2 Å². The Morgan fingerprint density at radius 1 is 1.37 bits per heavy atom. The lowest BCUT2D eigenvalue weighted by atomic mass is 9.77. The van der Waals surface area contributed by atoms with Crippen molar-refractivity contribution in [1.82, 2.24) is 5.32 Å². The molecule has 1 fully saturated rings. The largest absolute Gasteiger partial charge is 0.491 e. The number of Topliss-reactive ketones (excluding diaryl/α,β-unsaturated/α-hetero) is 1. The molecule has 0 radical (unpaired) electrons. The van der Waals surface area contributed by atoms with Gasteiger partial charge < -0.3 is 10.1 Å². The van der Waals surface area contributed by atoms with Gasteiger partial charge >= 0.3 is 0 Å². The van der Waals surface area contributed by atoms with Crippen molar-refractivity contribution < 1.29 is 9.53 Å². The summed E-state index contributed by atoms with van der Waals surface area (Å²) in [5.74, 6) is 1.08. The molecule has 0 amide bonds. The van der Waals surface area contributed by atoms with E-state index in [1.807, 2.05) is 38.1 Å². The van der Waals surface area contributed by atoms with Gasteiger partial charge in [0.2, 0.25) is 0 Å². The lowest BCUT2D eigenvalue weighted by Gasteiger charge is -2.25. The minimum atomic E-state index is -0.208. The highest BCUT2D eigenvalue weighted by Gasteiger charge is 2.39. The predicted octanol–water partition coefficient (Wildman–Crippen LogP) is 3.05. The fourth-order valence-corrected chi connectivity index (χ4v) is 2.66. The van der Waals surface area contributed by atoms with Gasteiger partial charge in [0.25, 0.3) is 0 Å². The quantitative estimate of drug-likeness (QED) is 0.828. The first kappa shape index (κ1) is 14.1. The zero-order valence-electron chi connectivity index (χ0n) is 12.0. The highest BCUT2D eigenvalue weighted by Crippen LogP contribution is 2.33. The lowest BCUT2D eigenvalue weighted by Crippen LogP contribution is -2.32. The summed E-state index contributed by atoms with van der Waals surface area (Å²) in [6.45, 7) is 7.83. The zero-order chi connectivity index (χ0) is 13.9. The van der Waals surface area contributed by atoms with Gasteiger partial charge in [-0.3, -0.25) is 4.79 Å². The molecule has 0 saturated carbocycles. The maximum absolute atomic E-state index is 12.7. The summed E-state index contributed by atoms with van der Waals surface area (Å²) in [5.41, 5.74) is 0.585. The van der Waals surface area contributed by atoms with E-state index in [1.54, 1.807) is 0 Å². The van der Waals surface area contributed by atoms with E-state index in [-0.39, 0.29) is 17.3 Å². The molecule has 3 nitrogen and oxygen atoms in total. The van der Waals surface area contributed by atoms with Crippen molar-refractivity contribution in [2.24, 2.45) is 5.41 Å². The average Bonchev–Trinajstić information content (AvgIpc) is 2.88. The Morgan fingerprint density at radius 2 is 2.05 bits per heavy atom. The fourth-order valence-electron chi connectivity index (χ4n) is 2.66. The maximum atomic E-state index is 12.7. The molecule has 0 aliphatic carbocycles. The monoisotopic (exact) mass is 261 g/mol. The second-order valence-electron chi connectivity index (χ2n) is 5.58. The van der Waals surface area contributed by atoms with Crippen LogP contribution in [0.4, 0.5) is 0 Å². The van der Waals surface area contributed by atoms with Crippen LogP contribution in [-0.2, 0) is 0 Å². The summed E-state index contributed by atoms with van der Waals surface area (Å²) >= 11 is 0. The van der Waals surface area contributed by atoms with Crippen LogP contribution in [0.5, 0.6) is 5.75 Å². The van der Waals surface area contributed by atoms with Crippen molar-refractivity contribution in [3.05, 3.63) is 29.8 Å². The summed E-state index contributed by atoms with van der Waals surface area (Å²) < 4.78 is 5.60. The van der Waals surface area contributed by atoms with Crippen LogP contribution in [0.1, 0.15) is 44.0 Å². The van der Waals surface area contributed by atoms with Crippen LogP contribution < -0.4 is 10.1 Å². The van der Waals surface area contributed by atoms with Crippen LogP contribution >= 0.6 is 0 Å². The molecule has 1 aliphatic rings. The molecule has 1 aromatic carbocycles. The van der Waals surface area contributed by atoms with Gasteiger partial charge in [0.05, 0.1) is 6.10 Å². The van der Waals surface area contributed by atoms with Crippen LogP contribution in [0, 0.1) is 5.41 Å². The van der Waals surface area contributed by atoms with E-state index in [0.29, 0.717) is 0 Å². The fraction of sp³-hybridized carbons (Fsp3) is 0.562. The van der Waals surface area contributed by atoms with Crippen molar-refractivity contribution in [2.45, 2.75) is 39.7 Å². The highest BCUT2D eigenvalue weighted by molar-refractivity contribution is 6.01. The molecule has 1 saturated heterocycles. The topological polar surface area (TPSA) is 38.3 Å². The number of ketones is 1. The van der Waals surface area contributed by atoms with Crippen molar-refractivity contribution in [3.8, 4) is 5.75 Å². The first-order chi connectivity index (χ1) is 9.07. The van der Waals surface area contributed by atoms with Gasteiger partial charge in [-0.1, -0.05) is 6.92 Å². The van der Waals surface area contributed by atoms with Gasteiger partial charge in [0.15, 0.2) is 5.78 Å². The number of ether oxygens (including phenoxy) is 1. The molecule has 3 heteroatoms. The van der Waals surface area contributed by atoms with E-state index in [2.05, 4.69) is 12.2 Å². The Hall–Kier alpha value is -1.35. The number of benzene rings is 1. The standard InChI is InChI=1S/C16H23NO2/c1-4-16(9-10-17-11-16)15(18)13-5-7-14(8-6-13)19-12(2)3/h5-8,12,17H,4,9-11H2,1-3H3. The molecule has 2 rings (SSSR count). The van der Waals surface area contributed by atoms with Gasteiger partial charge in [-0.2, -0.15) is 0 Å². The molecule has 1 heterocycles. The minimum absolute atomic E-state index is 0.155. The lowest BCUT2D eigenvalue weighted by molar-refractivity contribution is 0.0810. The minimum Gasteiger partial charge on any atom is -0.491 e. The second-order valence-corrected chi connectivity index (χ2v) is 5.58. The number of hydrogen-bond donors (Lipinski definition) is 1. The summed E-state index contributed by atoms with van der Waals surface area (Å²) in [4.78, 5) is 12.7. The van der Waals surface area contributed by atoms with E-state index < -0.39 is 0 Å². The zero-order valence-corrected chi connectivity index (χ0v) is 12.0. The second kappa shape index (κ2) is 5.74. The van der Waals surface area contributed by atoms with Gasteiger partial charge in [-0.25, -0.2) is 0 Å². The number of hydrogen-bond acceptors (Lipinski definition) is 3. The SMILES string of the molecule is CCC1(C(=O)c2ccc(OC(C)C)cc2)CCNC1. The molecule has 0 aromatic heterocycles. The molecule has 19 heavy (non-hydrogen) atoms.